The summed E-state index contributed by atoms with van der Waals surface area (Å²) in [6.07, 6.45) is 1.48. The topological polar surface area (TPSA) is 89.0 Å². The molecule has 2 amide bonds. The first-order valence-electron chi connectivity index (χ1n) is 9.65. The highest BCUT2D eigenvalue weighted by Gasteiger charge is 2.11. The number of carbonyl (C=O) groups excluding carboxylic acids is 2. The molecule has 0 spiro atoms. The fourth-order valence-electron chi connectivity index (χ4n) is 2.94. The van der Waals surface area contributed by atoms with Gasteiger partial charge in [-0.15, -0.1) is 0 Å². The molecule has 32 heavy (non-hydrogen) atoms. The standard InChI is InChI=1S/C24H22BrN3O4/c1-15-6-4-5-7-19(15)24(30)27-18-10-8-16(9-11-18)23(29)28-26-14-17-12-20(25)22(32-3)13-21(17)31-2/h4-14H,1-3H3,(H,27,30)(H,28,29)/b26-14+. The van der Waals surface area contributed by atoms with E-state index in [0.717, 1.165) is 10.0 Å². The molecule has 8 heteroatoms. The average Bonchev–Trinajstić information content (AvgIpc) is 2.80. The number of hydrazone groups is 1. The van der Waals surface area contributed by atoms with Crippen LogP contribution in [0.1, 0.15) is 31.8 Å². The van der Waals surface area contributed by atoms with Crippen LogP contribution in [-0.2, 0) is 0 Å². The Morgan fingerprint density at radius 2 is 1.62 bits per heavy atom. The second-order valence-electron chi connectivity index (χ2n) is 6.77. The molecule has 0 saturated carbocycles. The van der Waals surface area contributed by atoms with Crippen LogP contribution < -0.4 is 20.2 Å². The van der Waals surface area contributed by atoms with E-state index >= 15 is 0 Å². The molecule has 2 N–H and O–H groups in total. The van der Waals surface area contributed by atoms with Crippen LogP contribution in [0.5, 0.6) is 11.5 Å². The first kappa shape index (κ1) is 23.0. The monoisotopic (exact) mass is 495 g/mol. The molecule has 0 radical (unpaired) electrons. The number of halogens is 1. The predicted octanol–water partition coefficient (Wildman–Crippen LogP) is 4.79. The van der Waals surface area contributed by atoms with E-state index in [0.29, 0.717) is 33.9 Å². The molecule has 0 unspecified atom stereocenters. The van der Waals surface area contributed by atoms with E-state index in [1.54, 1.807) is 49.6 Å². The molecule has 0 fully saturated rings. The second kappa shape index (κ2) is 10.6. The maximum Gasteiger partial charge on any atom is 0.271 e. The van der Waals surface area contributed by atoms with Crippen molar-refractivity contribution in [3.63, 3.8) is 0 Å². The molecule has 0 aliphatic rings. The third-order valence-corrected chi connectivity index (χ3v) is 5.29. The Hall–Kier alpha value is -3.65. The Kier molecular flexibility index (Phi) is 7.62. The number of aryl methyl sites for hydroxylation is 1. The van der Waals surface area contributed by atoms with Crippen LogP contribution in [0.15, 0.2) is 70.2 Å². The van der Waals surface area contributed by atoms with Crippen LogP contribution in [0.25, 0.3) is 0 Å². The highest BCUT2D eigenvalue weighted by atomic mass is 79.9. The number of carbonyl (C=O) groups is 2. The summed E-state index contributed by atoms with van der Waals surface area (Å²) in [5, 5.41) is 6.84. The third-order valence-electron chi connectivity index (χ3n) is 4.67. The molecule has 0 bridgehead atoms. The van der Waals surface area contributed by atoms with Crippen molar-refractivity contribution in [1.82, 2.24) is 5.43 Å². The third kappa shape index (κ3) is 5.53. The van der Waals surface area contributed by atoms with Gasteiger partial charge in [-0.25, -0.2) is 5.43 Å². The van der Waals surface area contributed by atoms with Crippen molar-refractivity contribution < 1.29 is 19.1 Å². The molecule has 3 aromatic carbocycles. The first-order valence-corrected chi connectivity index (χ1v) is 10.4. The number of nitrogens with one attached hydrogen (secondary N) is 2. The molecular weight excluding hydrogens is 474 g/mol. The zero-order valence-corrected chi connectivity index (χ0v) is 19.4. The van der Waals surface area contributed by atoms with Gasteiger partial charge in [0, 0.05) is 28.4 Å². The molecule has 0 heterocycles. The van der Waals surface area contributed by atoms with Crippen LogP contribution in [0, 0.1) is 6.92 Å². The summed E-state index contributed by atoms with van der Waals surface area (Å²) >= 11 is 3.41. The lowest BCUT2D eigenvalue weighted by atomic mass is 10.1. The van der Waals surface area contributed by atoms with Crippen molar-refractivity contribution >= 4 is 39.6 Å². The van der Waals surface area contributed by atoms with Gasteiger partial charge < -0.3 is 14.8 Å². The van der Waals surface area contributed by atoms with Gasteiger partial charge in [0.2, 0.25) is 0 Å². The smallest absolute Gasteiger partial charge is 0.271 e. The van der Waals surface area contributed by atoms with E-state index in [2.05, 4.69) is 31.8 Å². The van der Waals surface area contributed by atoms with Gasteiger partial charge in [0.25, 0.3) is 11.8 Å². The number of methoxy groups -OCH3 is 2. The summed E-state index contributed by atoms with van der Waals surface area (Å²) in [6, 6.07) is 17.4. The summed E-state index contributed by atoms with van der Waals surface area (Å²) in [6.45, 7) is 1.88. The van der Waals surface area contributed by atoms with Gasteiger partial charge in [-0.2, -0.15) is 5.10 Å². The number of hydrogen-bond acceptors (Lipinski definition) is 5. The van der Waals surface area contributed by atoms with Crippen LogP contribution >= 0.6 is 15.9 Å². The number of amides is 2. The summed E-state index contributed by atoms with van der Waals surface area (Å²) in [5.74, 6) is 0.587. The highest BCUT2D eigenvalue weighted by molar-refractivity contribution is 9.10. The lowest BCUT2D eigenvalue weighted by Crippen LogP contribution is -2.18. The van der Waals surface area contributed by atoms with Crippen molar-refractivity contribution in [2.24, 2.45) is 5.10 Å². The molecule has 164 valence electrons. The van der Waals surface area contributed by atoms with E-state index in [9.17, 15) is 9.59 Å². The maximum atomic E-state index is 12.4. The Balaban J connectivity index is 1.63. The lowest BCUT2D eigenvalue weighted by molar-refractivity contribution is 0.0954. The van der Waals surface area contributed by atoms with Gasteiger partial charge in [-0.1, -0.05) is 18.2 Å². The lowest BCUT2D eigenvalue weighted by Gasteiger charge is -2.09. The van der Waals surface area contributed by atoms with Crippen molar-refractivity contribution in [1.29, 1.82) is 0 Å². The molecular formula is C24H22BrN3O4. The minimum atomic E-state index is -0.385. The van der Waals surface area contributed by atoms with Crippen LogP contribution in [0.4, 0.5) is 5.69 Å². The fraction of sp³-hybridized carbons (Fsp3) is 0.125. The van der Waals surface area contributed by atoms with Crippen molar-refractivity contribution in [3.8, 4) is 11.5 Å². The van der Waals surface area contributed by atoms with Gasteiger partial charge in [-0.05, 0) is 64.8 Å². The quantitative estimate of drug-likeness (QED) is 0.364. The zero-order valence-electron chi connectivity index (χ0n) is 17.8. The molecule has 0 aromatic heterocycles. The van der Waals surface area contributed by atoms with E-state index in [1.165, 1.54) is 13.3 Å². The summed E-state index contributed by atoms with van der Waals surface area (Å²) < 4.78 is 11.3. The van der Waals surface area contributed by atoms with E-state index < -0.39 is 0 Å². The Morgan fingerprint density at radius 1 is 0.938 bits per heavy atom. The van der Waals surface area contributed by atoms with Gasteiger partial charge in [-0.3, -0.25) is 9.59 Å². The van der Waals surface area contributed by atoms with Crippen molar-refractivity contribution in [3.05, 3.63) is 87.4 Å². The van der Waals surface area contributed by atoms with E-state index in [-0.39, 0.29) is 11.8 Å². The SMILES string of the molecule is COc1cc(OC)c(/C=N/NC(=O)c2ccc(NC(=O)c3ccccc3C)cc2)cc1Br. The van der Waals surface area contributed by atoms with Crippen LogP contribution in [0.3, 0.4) is 0 Å². The number of benzene rings is 3. The molecule has 0 atom stereocenters. The van der Waals surface area contributed by atoms with E-state index in [1.807, 2.05) is 25.1 Å². The minimum Gasteiger partial charge on any atom is -0.496 e. The normalized spacial score (nSPS) is 10.6. The molecule has 7 nitrogen and oxygen atoms in total. The van der Waals surface area contributed by atoms with Crippen LogP contribution in [-0.4, -0.2) is 32.2 Å². The average molecular weight is 496 g/mol. The summed E-state index contributed by atoms with van der Waals surface area (Å²) in [7, 11) is 3.10. The number of rotatable bonds is 7. The largest absolute Gasteiger partial charge is 0.496 e. The van der Waals surface area contributed by atoms with Gasteiger partial charge in [0.1, 0.15) is 11.5 Å². The number of ether oxygens (including phenoxy) is 2. The molecule has 0 aliphatic heterocycles. The van der Waals surface area contributed by atoms with E-state index in [4.69, 9.17) is 9.47 Å². The Bertz CT molecular complexity index is 1160. The summed E-state index contributed by atoms with van der Waals surface area (Å²) in [4.78, 5) is 24.8. The molecule has 0 saturated heterocycles. The van der Waals surface area contributed by atoms with Gasteiger partial charge in [0.15, 0.2) is 0 Å². The Morgan fingerprint density at radius 3 is 2.28 bits per heavy atom. The zero-order chi connectivity index (χ0) is 23.1. The van der Waals surface area contributed by atoms with Gasteiger partial charge >= 0.3 is 0 Å². The predicted molar refractivity (Wildman–Crippen MR) is 128 cm³/mol. The van der Waals surface area contributed by atoms with Crippen molar-refractivity contribution in [2.75, 3.05) is 19.5 Å². The summed E-state index contributed by atoms with van der Waals surface area (Å²) in [5.41, 5.74) is 5.62. The Labute approximate surface area is 194 Å². The maximum absolute atomic E-state index is 12.4. The number of hydrogen-bond donors (Lipinski definition) is 2. The fourth-order valence-corrected chi connectivity index (χ4v) is 3.46. The number of nitrogens with zero attached hydrogens (tertiary/aromatic N) is 1. The molecule has 3 rings (SSSR count). The number of anilines is 1. The highest BCUT2D eigenvalue weighted by Crippen LogP contribution is 2.31. The molecule has 0 aliphatic carbocycles. The minimum absolute atomic E-state index is 0.204. The second-order valence-corrected chi connectivity index (χ2v) is 7.63. The van der Waals surface area contributed by atoms with Gasteiger partial charge in [0.05, 0.1) is 24.9 Å². The first-order chi connectivity index (χ1) is 15.4. The van der Waals surface area contributed by atoms with Crippen LogP contribution in [0.2, 0.25) is 0 Å². The molecule has 3 aromatic rings. The van der Waals surface area contributed by atoms with Crippen molar-refractivity contribution in [2.45, 2.75) is 6.92 Å².